The smallest absolute Gasteiger partial charge is 0.446 e. The summed E-state index contributed by atoms with van der Waals surface area (Å²) in [4.78, 5) is 117. The number of phenolic OH excluding ortho intramolecular Hbond substituents is 1. The first-order valence-corrected chi connectivity index (χ1v) is 31.3. The van der Waals surface area contributed by atoms with E-state index in [4.69, 9.17) is 10.5 Å². The average molecular weight is 1300 g/mol. The second-order valence-electron chi connectivity index (χ2n) is 23.5. The van der Waals surface area contributed by atoms with Gasteiger partial charge in [-0.15, -0.1) is 0 Å². The normalized spacial score (nSPS) is 27.4. The lowest BCUT2D eigenvalue weighted by Gasteiger charge is -2.34. The van der Waals surface area contributed by atoms with Crippen LogP contribution in [0.3, 0.4) is 0 Å². The van der Waals surface area contributed by atoms with Gasteiger partial charge in [-0.3, -0.25) is 42.9 Å². The second-order valence-corrected chi connectivity index (χ2v) is 24.5. The minimum absolute atomic E-state index is 0.0101. The molecule has 0 saturated carbocycles. The topological polar surface area (TPSA) is 487 Å². The van der Waals surface area contributed by atoms with Crippen LogP contribution in [0.5, 0.6) is 17.2 Å². The monoisotopic (exact) mass is 1300 g/mol. The number of carbonyl (C=O) groups excluding carboxylic acids is 8. The molecule has 4 heterocycles. The number of rotatable bonds is 19. The molecule has 17 N–H and O–H groups in total. The number of nitrogens with zero attached hydrogens (tertiary/aromatic N) is 3. The number of piperidine rings is 1. The first kappa shape index (κ1) is 70.7. The number of aromatic hydroxyl groups is 1. The first-order valence-electron chi connectivity index (χ1n) is 29.9. The highest BCUT2D eigenvalue weighted by atomic mass is 32.3. The maximum absolute atomic E-state index is 14.7. The quantitative estimate of drug-likeness (QED) is 0.0410. The van der Waals surface area contributed by atoms with E-state index in [2.05, 4.69) is 49.4 Å². The van der Waals surface area contributed by atoms with Crippen molar-refractivity contribution >= 4 is 63.3 Å². The van der Waals surface area contributed by atoms with E-state index >= 15 is 0 Å². The van der Waals surface area contributed by atoms with Crippen LogP contribution in [-0.2, 0) is 44.0 Å². The molecule has 4 fully saturated rings. The van der Waals surface area contributed by atoms with Gasteiger partial charge >= 0.3 is 10.4 Å². The van der Waals surface area contributed by atoms with Gasteiger partial charge in [0.05, 0.1) is 37.4 Å². The van der Waals surface area contributed by atoms with Crippen LogP contribution in [0.4, 0.5) is 5.69 Å². The van der Waals surface area contributed by atoms with Crippen LogP contribution >= 0.6 is 0 Å². The number of hydrogen-bond donors (Lipinski definition) is 16. The van der Waals surface area contributed by atoms with Gasteiger partial charge in [0.2, 0.25) is 41.4 Å². The average Bonchev–Trinajstić information content (AvgIpc) is 1.74. The van der Waals surface area contributed by atoms with Crippen LogP contribution in [0.2, 0.25) is 0 Å². The lowest BCUT2D eigenvalue weighted by molar-refractivity contribution is -0.149. The van der Waals surface area contributed by atoms with E-state index in [-0.39, 0.29) is 5.56 Å². The van der Waals surface area contributed by atoms with Gasteiger partial charge < -0.3 is 102 Å². The second kappa shape index (κ2) is 31.0. The highest BCUT2D eigenvalue weighted by Crippen LogP contribution is 2.34. The number of phenols is 1. The summed E-state index contributed by atoms with van der Waals surface area (Å²) >= 11 is 0. The fourth-order valence-electron chi connectivity index (χ4n) is 11.6. The Bertz CT molecular complexity index is 3190. The molecule has 0 spiro atoms. The summed E-state index contributed by atoms with van der Waals surface area (Å²) in [5.41, 5.74) is 6.72. The Morgan fingerprint density at radius 2 is 1.40 bits per heavy atom. The minimum Gasteiger partial charge on any atom is -0.504 e. The van der Waals surface area contributed by atoms with Crippen molar-refractivity contribution in [3.63, 3.8) is 0 Å². The number of hydrogen-bond acceptors (Lipinski definition) is 22. The van der Waals surface area contributed by atoms with Crippen molar-refractivity contribution in [3.05, 3.63) is 83.4 Å². The van der Waals surface area contributed by atoms with E-state index in [0.717, 1.165) is 69.0 Å². The molecule has 8 amide bonds. The number of anilines is 1. The third kappa shape index (κ3) is 18.0. The molecule has 0 radical (unpaired) electrons. The van der Waals surface area contributed by atoms with Gasteiger partial charge in [0, 0.05) is 56.2 Å². The molecule has 500 valence electrons. The summed E-state index contributed by atoms with van der Waals surface area (Å²) in [5.74, 6) is -12.6. The summed E-state index contributed by atoms with van der Waals surface area (Å²) in [7, 11) is -5.35. The Labute approximate surface area is 523 Å². The van der Waals surface area contributed by atoms with Crippen LogP contribution in [-0.4, -0.2) is 228 Å². The SMILES string of the molecule is CCCCCCOc1ccc(C2CCN(c3ccc(C(=O)N[C@H]4C[C@@H](O)[C@@H](O)NC(=O)[C@@H]5[C@@H](O)[C@@H](C)CN5C(=O)[C@H]([C@H](O)CC(N)=O)NC(=O)[C@H]([C@H](O)[C@@H](O)c5ccc(O)c(OS(=O)(=O)O)c5)NC(=O)[C@@H]5C[C@@H](O)CN5C(=O)C([C@@H](C)O)NC4=O)cc3)CC2)cc1. The van der Waals surface area contributed by atoms with Crippen molar-refractivity contribution in [2.75, 3.05) is 37.7 Å². The Kier molecular flexibility index (Phi) is 24.1. The lowest BCUT2D eigenvalue weighted by atomic mass is 9.89. The van der Waals surface area contributed by atoms with Crippen LogP contribution in [0, 0.1) is 5.92 Å². The molecule has 31 nitrogen and oxygen atoms in total. The Morgan fingerprint density at radius 3 is 2.02 bits per heavy atom. The summed E-state index contributed by atoms with van der Waals surface area (Å²) < 4.78 is 42.7. The van der Waals surface area contributed by atoms with Gasteiger partial charge in [-0.25, -0.2) is 0 Å². The van der Waals surface area contributed by atoms with Gasteiger partial charge in [0.25, 0.3) is 5.91 Å². The van der Waals surface area contributed by atoms with E-state index in [9.17, 15) is 97.3 Å². The molecule has 4 aliphatic rings. The van der Waals surface area contributed by atoms with E-state index in [1.54, 1.807) is 12.1 Å². The van der Waals surface area contributed by atoms with E-state index in [1.807, 2.05) is 17.4 Å². The van der Waals surface area contributed by atoms with Crippen molar-refractivity contribution < 1.29 is 106 Å². The molecule has 7 rings (SSSR count). The summed E-state index contributed by atoms with van der Waals surface area (Å²) in [6, 6.07) is 3.63. The molecule has 0 aliphatic carbocycles. The number of aliphatic hydroxyl groups excluding tert-OH is 8. The zero-order chi connectivity index (χ0) is 66.8. The van der Waals surface area contributed by atoms with Gasteiger partial charge in [0.15, 0.2) is 17.7 Å². The van der Waals surface area contributed by atoms with Gasteiger partial charge in [-0.05, 0) is 91.8 Å². The molecule has 32 heteroatoms. The maximum atomic E-state index is 14.7. The van der Waals surface area contributed by atoms with E-state index in [1.165, 1.54) is 24.6 Å². The molecule has 0 bridgehead atoms. The number of carbonyl (C=O) groups is 8. The number of primary amides is 1. The number of benzene rings is 3. The molecule has 4 aliphatic heterocycles. The number of amides is 8. The number of ether oxygens (including phenoxy) is 1. The van der Waals surface area contributed by atoms with Gasteiger partial charge in [-0.2, -0.15) is 8.42 Å². The van der Waals surface area contributed by atoms with E-state index in [0.29, 0.717) is 41.5 Å². The van der Waals surface area contributed by atoms with E-state index < -0.39 is 198 Å². The summed E-state index contributed by atoms with van der Waals surface area (Å²) in [6.45, 7) is 5.31. The van der Waals surface area contributed by atoms with Crippen LogP contribution < -0.4 is 46.1 Å². The van der Waals surface area contributed by atoms with Gasteiger partial charge in [0.1, 0.15) is 60.3 Å². The zero-order valence-corrected chi connectivity index (χ0v) is 51.0. The van der Waals surface area contributed by atoms with Crippen molar-refractivity contribution in [2.24, 2.45) is 11.7 Å². The number of unbranched alkanes of at least 4 members (excludes halogenated alkanes) is 3. The van der Waals surface area contributed by atoms with Crippen molar-refractivity contribution in [1.29, 1.82) is 0 Å². The summed E-state index contributed by atoms with van der Waals surface area (Å²) in [5, 5.41) is 112. The largest absolute Gasteiger partial charge is 0.504 e. The van der Waals surface area contributed by atoms with Crippen LogP contribution in [0.15, 0.2) is 66.7 Å². The highest BCUT2D eigenvalue weighted by Gasteiger charge is 2.51. The standard InChI is InChI=1S/C59H81N9O22S/c1-4-5-6-7-22-89-37-15-10-31(11-16-37)32-18-20-66(21-19-32)35-13-8-33(9-14-35)52(78)61-38-25-42(73)55(81)65-57(83)48-49(75)29(2)27-68(48)59(85)46(41(72)26-44(60)74)63-56(82)47(51(77)50(76)34-12-17-40(71)43(23-34)90-91(86,87)88)64-54(80)39-24-36(70)28-67(39)58(84)45(30(3)69)62-53(38)79/h8-17,23,29-30,32,36,38-39,41-42,45-51,55,69-73,75-77,81H,4-7,18-22,24-28H2,1-3H3,(H2,60,74)(H,61,78)(H,62,79)(H,63,82)(H,64,80)(H,65,83)(H,86,87,88)/t29-,30+,36+,38-,39-,41+,42+,45?,46-,47-,48-,49-,50-,51-,55+/m0/s1. The van der Waals surface area contributed by atoms with Crippen molar-refractivity contribution in [3.8, 4) is 17.2 Å². The molecule has 3 aromatic rings. The zero-order valence-electron chi connectivity index (χ0n) is 50.2. The number of fused-ring (bicyclic) bond motifs is 2. The fourth-order valence-corrected chi connectivity index (χ4v) is 12.0. The molecule has 91 heavy (non-hydrogen) atoms. The molecular formula is C59H81N9O22S. The summed E-state index contributed by atoms with van der Waals surface area (Å²) in [6.07, 6.45) is -14.0. The maximum Gasteiger partial charge on any atom is 0.446 e. The fraction of sp³-hybridized carbons (Fsp3) is 0.559. The third-order valence-electron chi connectivity index (χ3n) is 16.7. The highest BCUT2D eigenvalue weighted by molar-refractivity contribution is 7.81. The van der Waals surface area contributed by atoms with Crippen LogP contribution in [0.1, 0.15) is 112 Å². The lowest BCUT2D eigenvalue weighted by Crippen LogP contribution is -2.64. The van der Waals surface area contributed by atoms with Crippen molar-refractivity contribution in [2.45, 2.75) is 170 Å². The Balaban J connectivity index is 1.18. The minimum atomic E-state index is -5.35. The van der Waals surface area contributed by atoms with Gasteiger partial charge in [-0.1, -0.05) is 51.3 Å². The molecule has 15 atom stereocenters. The molecule has 1 unspecified atom stereocenters. The predicted octanol–water partition coefficient (Wildman–Crippen LogP) is -3.45. The van der Waals surface area contributed by atoms with Crippen molar-refractivity contribution in [1.82, 2.24) is 36.4 Å². The Morgan fingerprint density at radius 1 is 0.758 bits per heavy atom. The molecular weight excluding hydrogens is 1220 g/mol. The Hall–Kier alpha value is -7.79. The molecule has 4 saturated heterocycles. The molecule has 0 aromatic heterocycles. The number of nitrogens with one attached hydrogen (secondary N) is 5. The number of nitrogens with two attached hydrogens (primary N) is 1. The number of aliphatic hydroxyl groups is 8. The van der Waals surface area contributed by atoms with Crippen LogP contribution in [0.25, 0.3) is 0 Å². The third-order valence-corrected chi connectivity index (χ3v) is 17.1. The predicted molar refractivity (Wildman–Crippen MR) is 318 cm³/mol. The molecule has 3 aromatic carbocycles. The first-order chi connectivity index (χ1) is 43.0.